The number of carboxylic acids is 1. The quantitative estimate of drug-likeness (QED) is 0.170. The van der Waals surface area contributed by atoms with Gasteiger partial charge in [-0.05, 0) is 81.2 Å². The van der Waals surface area contributed by atoms with Gasteiger partial charge in [0.1, 0.15) is 23.9 Å². The first-order chi connectivity index (χ1) is 17.7. The van der Waals surface area contributed by atoms with E-state index < -0.39 is 42.0 Å². The van der Waals surface area contributed by atoms with E-state index in [1.807, 2.05) is 6.26 Å². The number of aromatic hydroxyl groups is 1. The number of aliphatic carboxylic acids is 1. The summed E-state index contributed by atoms with van der Waals surface area (Å²) >= 11 is 1.50. The Labute approximate surface area is 221 Å². The van der Waals surface area contributed by atoms with Crippen LogP contribution in [0.2, 0.25) is 0 Å². The van der Waals surface area contributed by atoms with E-state index in [1.54, 1.807) is 12.1 Å². The van der Waals surface area contributed by atoms with Crippen LogP contribution in [0.3, 0.4) is 0 Å². The Morgan fingerprint density at radius 2 is 1.81 bits per heavy atom. The summed E-state index contributed by atoms with van der Waals surface area (Å²) in [4.78, 5) is 52.3. The molecule has 1 aliphatic rings. The molecule has 0 saturated carbocycles. The molecule has 4 atom stereocenters. The number of benzene rings is 1. The van der Waals surface area contributed by atoms with Crippen molar-refractivity contribution in [1.82, 2.24) is 15.5 Å². The monoisotopic (exact) mass is 537 g/mol. The molecule has 1 aromatic rings. The van der Waals surface area contributed by atoms with Crippen molar-refractivity contribution in [1.29, 1.82) is 0 Å². The maximum Gasteiger partial charge on any atom is 0.326 e. The lowest BCUT2D eigenvalue weighted by atomic mass is 10.0. The zero-order chi connectivity index (χ0) is 27.4. The SMILES string of the molecule is CSCCC(NC(=O)C1CCCN1C(=O)C(N)Cc1ccc(O)cc1)C(=O)NC(CCCCN)C(=O)O. The third-order valence-electron chi connectivity index (χ3n) is 6.35. The van der Waals surface area contributed by atoms with Crippen LogP contribution in [0, 0.1) is 0 Å². The number of hydrogen-bond acceptors (Lipinski definition) is 8. The molecule has 1 aliphatic heterocycles. The number of rotatable bonds is 15. The van der Waals surface area contributed by atoms with E-state index in [0.29, 0.717) is 50.9 Å². The van der Waals surface area contributed by atoms with E-state index >= 15 is 0 Å². The first-order valence-electron chi connectivity index (χ1n) is 12.5. The van der Waals surface area contributed by atoms with Gasteiger partial charge in [0.15, 0.2) is 0 Å². The minimum Gasteiger partial charge on any atom is -0.508 e. The molecule has 1 fully saturated rings. The van der Waals surface area contributed by atoms with Crippen molar-refractivity contribution in [2.45, 2.75) is 69.1 Å². The molecule has 11 nitrogen and oxygen atoms in total. The summed E-state index contributed by atoms with van der Waals surface area (Å²) < 4.78 is 0. The van der Waals surface area contributed by atoms with E-state index in [-0.39, 0.29) is 24.5 Å². The van der Waals surface area contributed by atoms with Crippen LogP contribution < -0.4 is 22.1 Å². The Kier molecular flexibility index (Phi) is 12.7. The number of hydrogen-bond donors (Lipinski definition) is 6. The number of likely N-dealkylation sites (tertiary alicyclic amines) is 1. The summed E-state index contributed by atoms with van der Waals surface area (Å²) in [6, 6.07) is 2.78. The van der Waals surface area contributed by atoms with E-state index in [0.717, 1.165) is 5.56 Å². The van der Waals surface area contributed by atoms with Crippen LogP contribution in [-0.2, 0) is 25.6 Å². The van der Waals surface area contributed by atoms with E-state index in [1.165, 1.54) is 28.8 Å². The molecule has 0 aromatic heterocycles. The molecule has 0 bridgehead atoms. The summed E-state index contributed by atoms with van der Waals surface area (Å²) in [7, 11) is 0. The number of nitrogens with two attached hydrogens (primary N) is 2. The number of carbonyl (C=O) groups is 4. The van der Waals surface area contributed by atoms with Gasteiger partial charge in [-0.1, -0.05) is 12.1 Å². The average molecular weight is 538 g/mol. The molecule has 1 saturated heterocycles. The third-order valence-corrected chi connectivity index (χ3v) is 7.00. The molecule has 0 spiro atoms. The molecule has 4 unspecified atom stereocenters. The topological polar surface area (TPSA) is 188 Å². The van der Waals surface area contributed by atoms with E-state index in [9.17, 15) is 29.4 Å². The smallest absolute Gasteiger partial charge is 0.326 e. The molecule has 206 valence electrons. The fourth-order valence-electron chi connectivity index (χ4n) is 4.28. The number of carbonyl (C=O) groups excluding carboxylic acids is 3. The van der Waals surface area contributed by atoms with Gasteiger partial charge >= 0.3 is 5.97 Å². The normalized spacial score (nSPS) is 17.6. The van der Waals surface area contributed by atoms with Gasteiger partial charge in [-0.3, -0.25) is 14.4 Å². The summed E-state index contributed by atoms with van der Waals surface area (Å²) in [6.07, 6.45) is 4.95. The Hall–Kier alpha value is -2.83. The van der Waals surface area contributed by atoms with Crippen molar-refractivity contribution in [3.8, 4) is 5.75 Å². The number of unbranched alkanes of at least 4 members (excludes halogenated alkanes) is 1. The number of phenols is 1. The molecule has 12 heteroatoms. The van der Waals surface area contributed by atoms with Crippen molar-refractivity contribution in [3.63, 3.8) is 0 Å². The number of phenolic OH excluding ortho intramolecular Hbond substituents is 1. The second-order valence-electron chi connectivity index (χ2n) is 9.19. The largest absolute Gasteiger partial charge is 0.508 e. The molecular formula is C25H39N5O6S. The minimum absolute atomic E-state index is 0.116. The van der Waals surface area contributed by atoms with Gasteiger partial charge in [0.2, 0.25) is 17.7 Å². The van der Waals surface area contributed by atoms with Crippen LogP contribution in [0.4, 0.5) is 0 Å². The lowest BCUT2D eigenvalue weighted by Crippen LogP contribution is -2.56. The number of nitrogens with one attached hydrogen (secondary N) is 2. The molecule has 37 heavy (non-hydrogen) atoms. The highest BCUT2D eigenvalue weighted by Crippen LogP contribution is 2.20. The van der Waals surface area contributed by atoms with Gasteiger partial charge in [0.05, 0.1) is 6.04 Å². The first kappa shape index (κ1) is 30.4. The second kappa shape index (κ2) is 15.4. The van der Waals surface area contributed by atoms with Gasteiger partial charge in [0, 0.05) is 6.54 Å². The van der Waals surface area contributed by atoms with Crippen LogP contribution in [0.1, 0.15) is 44.1 Å². The first-order valence-corrected chi connectivity index (χ1v) is 13.9. The lowest BCUT2D eigenvalue weighted by Gasteiger charge is -2.28. The molecule has 1 heterocycles. The molecular weight excluding hydrogens is 498 g/mol. The fourth-order valence-corrected chi connectivity index (χ4v) is 4.76. The molecule has 0 radical (unpaired) electrons. The predicted octanol–water partition coefficient (Wildman–Crippen LogP) is 0.189. The molecule has 3 amide bonds. The minimum atomic E-state index is -1.14. The van der Waals surface area contributed by atoms with Gasteiger partial charge in [-0.15, -0.1) is 0 Å². The van der Waals surface area contributed by atoms with Crippen LogP contribution in [0.15, 0.2) is 24.3 Å². The standard InChI is InChI=1S/C25H39N5O6S/c1-37-14-11-19(22(32)29-20(25(35)36)5-2-3-12-26)28-23(33)21-6-4-13-30(21)24(34)18(27)15-16-7-9-17(31)10-8-16/h7-10,18-21,31H,2-6,11-15,26-27H2,1H3,(H,28,33)(H,29,32)(H,35,36). The van der Waals surface area contributed by atoms with Crippen LogP contribution in [0.5, 0.6) is 5.75 Å². The zero-order valence-electron chi connectivity index (χ0n) is 21.2. The maximum atomic E-state index is 13.2. The molecule has 2 rings (SSSR count). The Morgan fingerprint density at radius 3 is 2.43 bits per heavy atom. The highest BCUT2D eigenvalue weighted by atomic mass is 32.2. The summed E-state index contributed by atoms with van der Waals surface area (Å²) in [5.41, 5.74) is 12.4. The lowest BCUT2D eigenvalue weighted by molar-refractivity contribution is -0.143. The number of amides is 3. The average Bonchev–Trinajstić information content (AvgIpc) is 3.36. The van der Waals surface area contributed by atoms with Crippen molar-refractivity contribution >= 4 is 35.5 Å². The number of thioether (sulfide) groups is 1. The third kappa shape index (κ3) is 9.52. The fraction of sp³-hybridized carbons (Fsp3) is 0.600. The molecule has 1 aromatic carbocycles. The Bertz CT molecular complexity index is 915. The maximum absolute atomic E-state index is 13.2. The molecule has 0 aliphatic carbocycles. The summed E-state index contributed by atoms with van der Waals surface area (Å²) in [5.74, 6) is -1.84. The Morgan fingerprint density at radius 1 is 1.11 bits per heavy atom. The van der Waals surface area contributed by atoms with Crippen molar-refractivity contribution in [2.75, 3.05) is 25.1 Å². The van der Waals surface area contributed by atoms with Crippen molar-refractivity contribution in [3.05, 3.63) is 29.8 Å². The van der Waals surface area contributed by atoms with Gasteiger partial charge < -0.3 is 37.2 Å². The van der Waals surface area contributed by atoms with E-state index in [2.05, 4.69) is 10.6 Å². The predicted molar refractivity (Wildman–Crippen MR) is 142 cm³/mol. The molecule has 8 N–H and O–H groups in total. The number of carboxylic acid groups (broad SMARTS) is 1. The summed E-state index contributed by atoms with van der Waals surface area (Å²) in [6.45, 7) is 0.812. The highest BCUT2D eigenvalue weighted by Gasteiger charge is 2.37. The number of nitrogens with zero attached hydrogens (tertiary/aromatic N) is 1. The van der Waals surface area contributed by atoms with Crippen LogP contribution >= 0.6 is 11.8 Å². The van der Waals surface area contributed by atoms with Gasteiger partial charge in [-0.2, -0.15) is 11.8 Å². The Balaban J connectivity index is 2.04. The van der Waals surface area contributed by atoms with Gasteiger partial charge in [0.25, 0.3) is 0 Å². The van der Waals surface area contributed by atoms with Gasteiger partial charge in [-0.25, -0.2) is 4.79 Å². The highest BCUT2D eigenvalue weighted by molar-refractivity contribution is 7.98. The summed E-state index contributed by atoms with van der Waals surface area (Å²) in [5, 5.41) is 24.2. The van der Waals surface area contributed by atoms with E-state index in [4.69, 9.17) is 11.5 Å². The van der Waals surface area contributed by atoms with Crippen molar-refractivity contribution in [2.24, 2.45) is 11.5 Å². The second-order valence-corrected chi connectivity index (χ2v) is 10.2. The zero-order valence-corrected chi connectivity index (χ0v) is 22.0. The van der Waals surface area contributed by atoms with Crippen LogP contribution in [0.25, 0.3) is 0 Å². The van der Waals surface area contributed by atoms with Crippen molar-refractivity contribution < 1.29 is 29.4 Å². The van der Waals surface area contributed by atoms with Crippen LogP contribution in [-0.4, -0.2) is 88.1 Å².